The molecule has 80 valence electrons. The minimum Gasteiger partial charge on any atom is -0.398 e. The first-order chi connectivity index (χ1) is 7.29. The van der Waals surface area contributed by atoms with Crippen molar-refractivity contribution in [3.63, 3.8) is 0 Å². The van der Waals surface area contributed by atoms with E-state index < -0.39 is 0 Å². The predicted molar refractivity (Wildman–Crippen MR) is 60.6 cm³/mol. The smallest absolute Gasteiger partial charge is 0.255 e. The number of benzene rings is 1. The second-order valence-corrected chi connectivity index (χ2v) is 3.94. The molecule has 1 aliphatic heterocycles. The molecular formula is C12H16N2O. The third-order valence-electron chi connectivity index (χ3n) is 2.83. The van der Waals surface area contributed by atoms with Crippen LogP contribution in [0.4, 0.5) is 5.69 Å². The highest BCUT2D eigenvalue weighted by Gasteiger charge is 2.19. The summed E-state index contributed by atoms with van der Waals surface area (Å²) in [5, 5.41) is 0. The van der Waals surface area contributed by atoms with Crippen molar-refractivity contribution in [2.45, 2.75) is 19.3 Å². The molecular weight excluding hydrogens is 188 g/mol. The van der Waals surface area contributed by atoms with Crippen LogP contribution in [0.1, 0.15) is 29.6 Å². The molecule has 3 heteroatoms. The van der Waals surface area contributed by atoms with Gasteiger partial charge in [-0.15, -0.1) is 0 Å². The molecule has 0 spiro atoms. The number of amides is 1. The summed E-state index contributed by atoms with van der Waals surface area (Å²) in [4.78, 5) is 14.0. The Bertz CT molecular complexity index is 356. The standard InChI is InChI=1S/C12H16N2O/c13-11-7-3-2-6-10(11)12(15)14-8-4-1-5-9-14/h2-3,6-7H,1,4-5,8-9,13H2. The van der Waals surface area contributed by atoms with Gasteiger partial charge in [-0.3, -0.25) is 4.79 Å². The summed E-state index contributed by atoms with van der Waals surface area (Å²) in [5.41, 5.74) is 7.00. The van der Waals surface area contributed by atoms with Crippen molar-refractivity contribution in [2.75, 3.05) is 18.8 Å². The summed E-state index contributed by atoms with van der Waals surface area (Å²) < 4.78 is 0. The van der Waals surface area contributed by atoms with E-state index in [1.54, 1.807) is 12.1 Å². The van der Waals surface area contributed by atoms with Gasteiger partial charge in [-0.05, 0) is 31.4 Å². The number of hydrogen-bond acceptors (Lipinski definition) is 2. The van der Waals surface area contributed by atoms with Gasteiger partial charge in [0.05, 0.1) is 5.56 Å². The lowest BCUT2D eigenvalue weighted by Gasteiger charge is -2.27. The minimum atomic E-state index is 0.0767. The number of nitrogen functional groups attached to an aromatic ring is 1. The maximum atomic E-state index is 12.1. The van der Waals surface area contributed by atoms with Crippen molar-refractivity contribution in [1.29, 1.82) is 0 Å². The number of anilines is 1. The molecule has 1 saturated heterocycles. The number of para-hydroxylation sites is 1. The van der Waals surface area contributed by atoms with Crippen LogP contribution in [0.5, 0.6) is 0 Å². The number of piperidine rings is 1. The van der Waals surface area contributed by atoms with E-state index in [1.807, 2.05) is 17.0 Å². The molecule has 2 N–H and O–H groups in total. The van der Waals surface area contributed by atoms with Crippen molar-refractivity contribution in [3.05, 3.63) is 29.8 Å². The number of nitrogens with two attached hydrogens (primary N) is 1. The van der Waals surface area contributed by atoms with Gasteiger partial charge < -0.3 is 10.6 Å². The van der Waals surface area contributed by atoms with E-state index in [2.05, 4.69) is 0 Å². The molecule has 0 atom stereocenters. The van der Waals surface area contributed by atoms with Crippen molar-refractivity contribution in [1.82, 2.24) is 4.90 Å². The molecule has 1 heterocycles. The second kappa shape index (κ2) is 4.34. The van der Waals surface area contributed by atoms with Crippen molar-refractivity contribution in [2.24, 2.45) is 0 Å². The topological polar surface area (TPSA) is 46.3 Å². The average Bonchev–Trinajstić information content (AvgIpc) is 2.30. The maximum absolute atomic E-state index is 12.1. The normalized spacial score (nSPS) is 16.4. The molecule has 1 aromatic rings. The monoisotopic (exact) mass is 204 g/mol. The largest absolute Gasteiger partial charge is 0.398 e. The van der Waals surface area contributed by atoms with Gasteiger partial charge in [0, 0.05) is 18.8 Å². The summed E-state index contributed by atoms with van der Waals surface area (Å²) in [6, 6.07) is 7.28. The first-order valence-electron chi connectivity index (χ1n) is 5.43. The number of nitrogens with zero attached hydrogens (tertiary/aromatic N) is 1. The Morgan fingerprint density at radius 2 is 1.80 bits per heavy atom. The Morgan fingerprint density at radius 1 is 1.13 bits per heavy atom. The minimum absolute atomic E-state index is 0.0767. The highest BCUT2D eigenvalue weighted by Crippen LogP contribution is 2.17. The van der Waals surface area contributed by atoms with Gasteiger partial charge in [0.25, 0.3) is 5.91 Å². The third-order valence-corrected chi connectivity index (χ3v) is 2.83. The Labute approximate surface area is 89.9 Å². The van der Waals surface area contributed by atoms with Gasteiger partial charge in [0.15, 0.2) is 0 Å². The zero-order chi connectivity index (χ0) is 10.7. The average molecular weight is 204 g/mol. The van der Waals surface area contributed by atoms with E-state index in [4.69, 9.17) is 5.73 Å². The van der Waals surface area contributed by atoms with Crippen molar-refractivity contribution >= 4 is 11.6 Å². The van der Waals surface area contributed by atoms with Crippen LogP contribution < -0.4 is 5.73 Å². The van der Waals surface area contributed by atoms with E-state index in [1.165, 1.54) is 6.42 Å². The molecule has 15 heavy (non-hydrogen) atoms. The van der Waals surface area contributed by atoms with Gasteiger partial charge in [-0.25, -0.2) is 0 Å². The summed E-state index contributed by atoms with van der Waals surface area (Å²) in [6.07, 6.45) is 3.45. The summed E-state index contributed by atoms with van der Waals surface area (Å²) >= 11 is 0. The van der Waals surface area contributed by atoms with Gasteiger partial charge in [-0.1, -0.05) is 12.1 Å². The highest BCUT2D eigenvalue weighted by molar-refractivity contribution is 5.99. The van der Waals surface area contributed by atoms with Crippen LogP contribution in [0.25, 0.3) is 0 Å². The van der Waals surface area contributed by atoms with Crippen molar-refractivity contribution in [3.8, 4) is 0 Å². The number of rotatable bonds is 1. The van der Waals surface area contributed by atoms with Gasteiger partial charge in [-0.2, -0.15) is 0 Å². The van der Waals surface area contributed by atoms with Crippen LogP contribution in [0, 0.1) is 0 Å². The fourth-order valence-corrected chi connectivity index (χ4v) is 1.96. The molecule has 0 unspecified atom stereocenters. The zero-order valence-electron chi connectivity index (χ0n) is 8.78. The van der Waals surface area contributed by atoms with E-state index in [9.17, 15) is 4.79 Å². The number of hydrogen-bond donors (Lipinski definition) is 1. The first-order valence-corrected chi connectivity index (χ1v) is 5.43. The molecule has 0 saturated carbocycles. The Hall–Kier alpha value is -1.51. The lowest BCUT2D eigenvalue weighted by Crippen LogP contribution is -2.35. The van der Waals surface area contributed by atoms with Crippen LogP contribution >= 0.6 is 0 Å². The molecule has 1 amide bonds. The molecule has 0 aliphatic carbocycles. The van der Waals surface area contributed by atoms with E-state index in [0.717, 1.165) is 25.9 Å². The second-order valence-electron chi connectivity index (χ2n) is 3.94. The van der Waals surface area contributed by atoms with Crippen molar-refractivity contribution < 1.29 is 4.79 Å². The fourth-order valence-electron chi connectivity index (χ4n) is 1.96. The SMILES string of the molecule is Nc1ccccc1C(=O)N1CCCCC1. The predicted octanol–water partition coefficient (Wildman–Crippen LogP) is 1.89. The Balaban J connectivity index is 2.16. The quantitative estimate of drug-likeness (QED) is 0.710. The Kier molecular flexibility index (Phi) is 2.90. The number of carbonyl (C=O) groups is 1. The molecule has 3 nitrogen and oxygen atoms in total. The first kappa shape index (κ1) is 10.0. The van der Waals surface area contributed by atoms with E-state index in [-0.39, 0.29) is 5.91 Å². The lowest BCUT2D eigenvalue weighted by molar-refractivity contribution is 0.0725. The molecule has 1 aliphatic rings. The molecule has 2 rings (SSSR count). The van der Waals surface area contributed by atoms with Crippen LogP contribution in [0.15, 0.2) is 24.3 Å². The Morgan fingerprint density at radius 3 is 2.47 bits per heavy atom. The van der Waals surface area contributed by atoms with Crippen LogP contribution in [0.2, 0.25) is 0 Å². The molecule has 1 aromatic carbocycles. The molecule has 0 bridgehead atoms. The summed E-state index contributed by atoms with van der Waals surface area (Å²) in [7, 11) is 0. The summed E-state index contributed by atoms with van der Waals surface area (Å²) in [6.45, 7) is 1.74. The van der Waals surface area contributed by atoms with Gasteiger partial charge in [0.1, 0.15) is 0 Å². The van der Waals surface area contributed by atoms with Crippen LogP contribution in [-0.4, -0.2) is 23.9 Å². The molecule has 1 fully saturated rings. The lowest BCUT2D eigenvalue weighted by atomic mass is 10.1. The van der Waals surface area contributed by atoms with Crippen LogP contribution in [-0.2, 0) is 0 Å². The van der Waals surface area contributed by atoms with Gasteiger partial charge >= 0.3 is 0 Å². The zero-order valence-corrected chi connectivity index (χ0v) is 8.78. The van der Waals surface area contributed by atoms with Gasteiger partial charge in [0.2, 0.25) is 0 Å². The number of carbonyl (C=O) groups excluding carboxylic acids is 1. The van der Waals surface area contributed by atoms with E-state index in [0.29, 0.717) is 11.3 Å². The van der Waals surface area contributed by atoms with E-state index >= 15 is 0 Å². The maximum Gasteiger partial charge on any atom is 0.255 e. The van der Waals surface area contributed by atoms with Crippen LogP contribution in [0.3, 0.4) is 0 Å². The fraction of sp³-hybridized carbons (Fsp3) is 0.417. The molecule has 0 aromatic heterocycles. The third kappa shape index (κ3) is 2.12. The summed E-state index contributed by atoms with van der Waals surface area (Å²) in [5.74, 6) is 0.0767. The highest BCUT2D eigenvalue weighted by atomic mass is 16.2. The molecule has 0 radical (unpaired) electrons. The number of likely N-dealkylation sites (tertiary alicyclic amines) is 1.